The van der Waals surface area contributed by atoms with Crippen LogP contribution in [0.25, 0.3) is 66.1 Å². The topological polar surface area (TPSA) is 58.0 Å². The van der Waals surface area contributed by atoms with E-state index >= 15 is 0 Å². The van der Waals surface area contributed by atoms with E-state index in [9.17, 15) is 0 Å². The summed E-state index contributed by atoms with van der Waals surface area (Å²) in [5.74, 6) is 0. The Morgan fingerprint density at radius 3 is 1.27 bits per heavy atom. The van der Waals surface area contributed by atoms with Crippen LogP contribution < -0.4 is 9.80 Å². The number of pyridine rings is 2. The first-order valence-electron chi connectivity index (χ1n) is 24.3. The third-order valence-electron chi connectivity index (χ3n) is 13.5. The van der Waals surface area contributed by atoms with Gasteiger partial charge in [-0.05, 0) is 96.8 Å². The normalized spacial score (nSPS) is 13.1. The quantitative estimate of drug-likeness (QED) is 0.0540. The van der Waals surface area contributed by atoms with Crippen LogP contribution in [0.15, 0.2) is 153 Å². The molecule has 0 unspecified atom stereocenters. The fourth-order valence-electron chi connectivity index (χ4n) is 10.1. The Labute approximate surface area is 397 Å². The van der Waals surface area contributed by atoms with Crippen molar-refractivity contribution in [3.05, 3.63) is 134 Å². The molecule has 0 amide bonds. The molecule has 0 spiro atoms. The van der Waals surface area contributed by atoms with Gasteiger partial charge in [-0.25, -0.2) is 9.97 Å². The van der Waals surface area contributed by atoms with Crippen LogP contribution in [0.5, 0.6) is 0 Å². The predicted octanol–water partition coefficient (Wildman–Crippen LogP) is 17.1. The number of aromatic nitrogens is 4. The van der Waals surface area contributed by atoms with Gasteiger partial charge in [0.15, 0.2) is 0 Å². The predicted molar refractivity (Wildman–Crippen MR) is 280 cm³/mol. The molecule has 0 N–H and O–H groups in total. The van der Waals surface area contributed by atoms with Crippen molar-refractivity contribution in [1.29, 1.82) is 0 Å². The number of fused-ring (bicyclic) bond motifs is 11. The summed E-state index contributed by atoms with van der Waals surface area (Å²) in [5, 5.41) is 1.92. The van der Waals surface area contributed by atoms with Gasteiger partial charge in [-0.15, -0.1) is 0 Å². The first kappa shape index (κ1) is 42.7. The van der Waals surface area contributed by atoms with E-state index in [2.05, 4.69) is 133 Å². The standard InChI is InChI=1S/C58H56N6S2/c1-3-5-7-9-11-17-35-63-45-23-13-15-25-49(45)65-51-37-39(27-31-47(51)63)41-29-30-42(56-55(41)61-57-43-21-19-33-59-53(43)54-44(58(57)62-56)22-20-34-60-54)40-28-32-48-52(38-40)66-50-26-16-14-24-46(50)64(48)36-18-12-10-8-6-4-2/h13-16,19-34,37-38H,3-12,17-18,35-36H2,1-2H3. The summed E-state index contributed by atoms with van der Waals surface area (Å²) in [6.07, 6.45) is 19.0. The van der Waals surface area contributed by atoms with Gasteiger partial charge < -0.3 is 9.80 Å². The molecule has 0 saturated heterocycles. The Hall–Kier alpha value is -5.96. The summed E-state index contributed by atoms with van der Waals surface area (Å²) in [6, 6.07) is 44.6. The fraction of sp³-hybridized carbons (Fsp3) is 0.276. The number of rotatable bonds is 16. The molecular formula is C58H56N6S2. The van der Waals surface area contributed by atoms with Gasteiger partial charge in [-0.3, -0.25) is 9.97 Å². The highest BCUT2D eigenvalue weighted by Gasteiger charge is 2.27. The van der Waals surface area contributed by atoms with Crippen molar-refractivity contribution in [1.82, 2.24) is 19.9 Å². The minimum absolute atomic E-state index is 0.846. The van der Waals surface area contributed by atoms with Crippen LogP contribution in [0.1, 0.15) is 90.9 Å². The SMILES string of the molecule is CCCCCCCCN1c2ccccc2Sc2cc(-c3ccc(-c4ccc5c(c4)Sc4ccccc4N5CCCCCCCC)c4nc5c6cccnc6c6ncccc6c5nc34)ccc21. The van der Waals surface area contributed by atoms with Crippen LogP contribution in [0.2, 0.25) is 0 Å². The zero-order valence-electron chi connectivity index (χ0n) is 38.1. The Balaban J connectivity index is 1.04. The van der Waals surface area contributed by atoms with E-state index in [0.717, 1.165) is 79.2 Å². The van der Waals surface area contributed by atoms with Gasteiger partial charge >= 0.3 is 0 Å². The largest absolute Gasteiger partial charge is 0.340 e. The maximum atomic E-state index is 5.68. The van der Waals surface area contributed by atoms with Gasteiger partial charge in [0.25, 0.3) is 0 Å². The van der Waals surface area contributed by atoms with E-state index in [1.807, 2.05) is 48.1 Å². The molecule has 0 fully saturated rings. The van der Waals surface area contributed by atoms with Crippen LogP contribution >= 0.6 is 23.5 Å². The lowest BCUT2D eigenvalue weighted by Gasteiger charge is -2.33. The number of nitrogens with zero attached hydrogens (tertiary/aromatic N) is 6. The van der Waals surface area contributed by atoms with Crippen molar-refractivity contribution in [2.45, 2.75) is 110 Å². The van der Waals surface area contributed by atoms with Crippen LogP contribution in [0.3, 0.4) is 0 Å². The van der Waals surface area contributed by atoms with Crippen LogP contribution in [-0.4, -0.2) is 33.0 Å². The van der Waals surface area contributed by atoms with Gasteiger partial charge in [0.1, 0.15) is 0 Å². The molecule has 8 heteroatoms. The molecule has 2 aliphatic rings. The van der Waals surface area contributed by atoms with Crippen LogP contribution in [0.4, 0.5) is 22.7 Å². The smallest absolute Gasteiger partial charge is 0.0996 e. The number of benzene rings is 6. The van der Waals surface area contributed by atoms with Gasteiger partial charge in [0.05, 0.1) is 55.8 Å². The molecule has 0 aliphatic carbocycles. The monoisotopic (exact) mass is 900 g/mol. The molecule has 0 atom stereocenters. The molecule has 9 aromatic rings. The molecule has 11 rings (SSSR count). The van der Waals surface area contributed by atoms with Crippen molar-refractivity contribution in [2.24, 2.45) is 0 Å². The number of hydrogen-bond donors (Lipinski definition) is 0. The first-order valence-corrected chi connectivity index (χ1v) is 26.0. The van der Waals surface area contributed by atoms with Gasteiger partial charge in [-0.2, -0.15) is 0 Å². The molecule has 66 heavy (non-hydrogen) atoms. The lowest BCUT2D eigenvalue weighted by molar-refractivity contribution is 0.608. The van der Waals surface area contributed by atoms with Gasteiger partial charge in [0.2, 0.25) is 0 Å². The molecule has 0 bridgehead atoms. The fourth-order valence-corrected chi connectivity index (χ4v) is 12.4. The maximum Gasteiger partial charge on any atom is 0.0996 e. The highest BCUT2D eigenvalue weighted by molar-refractivity contribution is 8.00. The Bertz CT molecular complexity index is 3020. The summed E-state index contributed by atoms with van der Waals surface area (Å²) in [6.45, 7) is 6.60. The average molecular weight is 901 g/mol. The van der Waals surface area contributed by atoms with Crippen molar-refractivity contribution < 1.29 is 0 Å². The Morgan fingerprint density at radius 1 is 0.379 bits per heavy atom. The highest BCUT2D eigenvalue weighted by atomic mass is 32.2. The van der Waals surface area contributed by atoms with Crippen molar-refractivity contribution in [3.63, 3.8) is 0 Å². The van der Waals surface area contributed by atoms with Gasteiger partial charge in [0, 0.05) is 67.0 Å². The summed E-state index contributed by atoms with van der Waals surface area (Å²) in [5.41, 5.74) is 14.8. The average Bonchev–Trinajstić information content (AvgIpc) is 3.36. The third-order valence-corrected chi connectivity index (χ3v) is 15.7. The second kappa shape index (κ2) is 19.1. The third kappa shape index (κ3) is 8.06. The van der Waals surface area contributed by atoms with E-state index in [1.54, 1.807) is 0 Å². The molecule has 3 aromatic heterocycles. The second-order valence-corrected chi connectivity index (χ2v) is 20.1. The number of unbranched alkanes of at least 4 members (excludes halogenated alkanes) is 10. The van der Waals surface area contributed by atoms with E-state index in [-0.39, 0.29) is 0 Å². The summed E-state index contributed by atoms with van der Waals surface area (Å²) in [7, 11) is 0. The molecule has 6 nitrogen and oxygen atoms in total. The highest BCUT2D eigenvalue weighted by Crippen LogP contribution is 2.52. The first-order chi connectivity index (χ1) is 32.7. The lowest BCUT2D eigenvalue weighted by Crippen LogP contribution is -2.22. The van der Waals surface area contributed by atoms with Crippen molar-refractivity contribution in [2.75, 3.05) is 22.9 Å². The van der Waals surface area contributed by atoms with E-state index < -0.39 is 0 Å². The van der Waals surface area contributed by atoms with Crippen molar-refractivity contribution >= 4 is 90.1 Å². The number of para-hydroxylation sites is 2. The maximum absolute atomic E-state index is 5.68. The molecule has 330 valence electrons. The van der Waals surface area contributed by atoms with Crippen LogP contribution in [-0.2, 0) is 0 Å². The molecule has 5 heterocycles. The zero-order valence-corrected chi connectivity index (χ0v) is 39.7. The number of hydrogen-bond acceptors (Lipinski definition) is 8. The minimum Gasteiger partial charge on any atom is -0.340 e. The van der Waals surface area contributed by atoms with Crippen molar-refractivity contribution in [3.8, 4) is 22.3 Å². The molecule has 6 aromatic carbocycles. The van der Waals surface area contributed by atoms with E-state index in [1.165, 1.54) is 119 Å². The Kier molecular flexibility index (Phi) is 12.3. The van der Waals surface area contributed by atoms with E-state index in [0.29, 0.717) is 0 Å². The zero-order chi connectivity index (χ0) is 44.4. The van der Waals surface area contributed by atoms with E-state index in [4.69, 9.17) is 19.9 Å². The second-order valence-electron chi connectivity index (χ2n) is 17.9. The molecule has 0 radical (unpaired) electrons. The number of anilines is 4. The summed E-state index contributed by atoms with van der Waals surface area (Å²) in [4.78, 5) is 31.3. The summed E-state index contributed by atoms with van der Waals surface area (Å²) >= 11 is 3.75. The molecule has 0 saturated carbocycles. The minimum atomic E-state index is 0.846. The lowest BCUT2D eigenvalue weighted by atomic mass is 9.96. The summed E-state index contributed by atoms with van der Waals surface area (Å²) < 4.78 is 0. The molecule has 2 aliphatic heterocycles. The van der Waals surface area contributed by atoms with Crippen LogP contribution in [0, 0.1) is 0 Å². The van der Waals surface area contributed by atoms with Gasteiger partial charge in [-0.1, -0.05) is 150 Å². The molecular weight excluding hydrogens is 845 g/mol. The Morgan fingerprint density at radius 2 is 0.803 bits per heavy atom.